The van der Waals surface area contributed by atoms with Crippen LogP contribution in [0.25, 0.3) is 0 Å². The Morgan fingerprint density at radius 2 is 2.30 bits per heavy atom. The van der Waals surface area contributed by atoms with Crippen LogP contribution in [-0.2, 0) is 4.79 Å². The second kappa shape index (κ2) is 5.49. The van der Waals surface area contributed by atoms with E-state index in [2.05, 4.69) is 41.6 Å². The second-order valence-corrected chi connectivity index (χ2v) is 7.66. The minimum absolute atomic E-state index is 0.0168. The third-order valence-corrected chi connectivity index (χ3v) is 5.76. The fourth-order valence-corrected chi connectivity index (χ4v) is 4.48. The molecule has 3 heterocycles. The molecule has 3 rings (SSSR count). The van der Waals surface area contributed by atoms with Crippen molar-refractivity contribution in [3.63, 3.8) is 0 Å². The number of piperidine rings is 1. The number of nitrogens with one attached hydrogen (secondary N) is 1. The van der Waals surface area contributed by atoms with Gasteiger partial charge in [-0.15, -0.1) is 11.3 Å². The second-order valence-electron chi connectivity index (χ2n) is 6.68. The average molecular weight is 292 g/mol. The lowest BCUT2D eigenvalue weighted by Gasteiger charge is -2.41. The number of likely N-dealkylation sites (tertiary alicyclic amines) is 1. The Kier molecular flexibility index (Phi) is 3.87. The number of thiophene rings is 1. The Hall–Kier alpha value is -0.870. The summed E-state index contributed by atoms with van der Waals surface area (Å²) in [5.74, 6) is 0.311. The standard InChI is InChI=1S/C16H24N2OS/c1-16(2)8-5-9-17-14(16)15(19)18-10-3-6-12(18)13-7-4-11-20-13/h4,7,11-12,14,17H,3,5-6,8-10H2,1-2H3. The monoisotopic (exact) mass is 292 g/mol. The maximum atomic E-state index is 13.0. The van der Waals surface area contributed by atoms with Gasteiger partial charge in [-0.2, -0.15) is 0 Å². The van der Waals surface area contributed by atoms with Crippen LogP contribution in [0.5, 0.6) is 0 Å². The summed E-state index contributed by atoms with van der Waals surface area (Å²) in [6, 6.07) is 4.54. The molecule has 2 saturated heterocycles. The summed E-state index contributed by atoms with van der Waals surface area (Å²) in [5.41, 5.74) is 0.0674. The van der Waals surface area contributed by atoms with Gasteiger partial charge in [0.2, 0.25) is 5.91 Å². The van der Waals surface area contributed by atoms with Crippen LogP contribution in [0.3, 0.4) is 0 Å². The lowest BCUT2D eigenvalue weighted by molar-refractivity contribution is -0.138. The summed E-state index contributed by atoms with van der Waals surface area (Å²) in [6.07, 6.45) is 4.54. The van der Waals surface area contributed by atoms with Crippen molar-refractivity contribution in [2.45, 2.75) is 51.6 Å². The number of hydrogen-bond acceptors (Lipinski definition) is 3. The van der Waals surface area contributed by atoms with E-state index in [1.165, 1.54) is 11.3 Å². The minimum Gasteiger partial charge on any atom is -0.333 e. The van der Waals surface area contributed by atoms with Crippen LogP contribution in [0.2, 0.25) is 0 Å². The largest absolute Gasteiger partial charge is 0.333 e. The number of carbonyl (C=O) groups excluding carboxylic acids is 1. The van der Waals surface area contributed by atoms with Crippen molar-refractivity contribution in [1.29, 1.82) is 0 Å². The molecule has 4 heteroatoms. The Labute approximate surface area is 125 Å². The van der Waals surface area contributed by atoms with Crippen molar-refractivity contribution in [3.8, 4) is 0 Å². The predicted octanol–water partition coefficient (Wildman–Crippen LogP) is 3.19. The molecular formula is C16H24N2OS. The van der Waals surface area contributed by atoms with Crippen LogP contribution < -0.4 is 5.32 Å². The van der Waals surface area contributed by atoms with Gasteiger partial charge in [0.25, 0.3) is 0 Å². The van der Waals surface area contributed by atoms with E-state index in [-0.39, 0.29) is 11.5 Å². The van der Waals surface area contributed by atoms with Crippen LogP contribution in [0, 0.1) is 5.41 Å². The fraction of sp³-hybridized carbons (Fsp3) is 0.688. The Morgan fingerprint density at radius 3 is 3.00 bits per heavy atom. The third kappa shape index (κ3) is 2.51. The van der Waals surface area contributed by atoms with E-state index in [9.17, 15) is 4.79 Å². The zero-order valence-electron chi connectivity index (χ0n) is 12.4. The first-order valence-electron chi connectivity index (χ1n) is 7.67. The first kappa shape index (κ1) is 14.1. The molecule has 2 unspecified atom stereocenters. The summed E-state index contributed by atoms with van der Waals surface area (Å²) in [6.45, 7) is 6.32. The van der Waals surface area contributed by atoms with Gasteiger partial charge in [-0.05, 0) is 49.1 Å². The maximum Gasteiger partial charge on any atom is 0.240 e. The summed E-state index contributed by atoms with van der Waals surface area (Å²) < 4.78 is 0. The first-order valence-corrected chi connectivity index (χ1v) is 8.55. The molecule has 0 spiro atoms. The van der Waals surface area contributed by atoms with Gasteiger partial charge >= 0.3 is 0 Å². The highest BCUT2D eigenvalue weighted by atomic mass is 32.1. The zero-order chi connectivity index (χ0) is 14.2. The number of carbonyl (C=O) groups is 1. The normalized spacial score (nSPS) is 29.6. The van der Waals surface area contributed by atoms with Crippen molar-refractivity contribution in [1.82, 2.24) is 10.2 Å². The zero-order valence-corrected chi connectivity index (χ0v) is 13.2. The van der Waals surface area contributed by atoms with Gasteiger partial charge in [-0.3, -0.25) is 4.79 Å². The first-order chi connectivity index (χ1) is 9.59. The van der Waals surface area contributed by atoms with Crippen molar-refractivity contribution in [3.05, 3.63) is 22.4 Å². The summed E-state index contributed by atoms with van der Waals surface area (Å²) >= 11 is 1.77. The summed E-state index contributed by atoms with van der Waals surface area (Å²) in [4.78, 5) is 16.4. The number of nitrogens with zero attached hydrogens (tertiary/aromatic N) is 1. The smallest absolute Gasteiger partial charge is 0.240 e. The SMILES string of the molecule is CC1(C)CCCNC1C(=O)N1CCCC1c1cccs1. The van der Waals surface area contributed by atoms with Crippen molar-refractivity contribution < 1.29 is 4.79 Å². The molecular weight excluding hydrogens is 268 g/mol. The highest BCUT2D eigenvalue weighted by Gasteiger charge is 2.42. The summed E-state index contributed by atoms with van der Waals surface area (Å²) in [7, 11) is 0. The molecule has 2 fully saturated rings. The van der Waals surface area contributed by atoms with Gasteiger partial charge in [0.1, 0.15) is 0 Å². The van der Waals surface area contributed by atoms with Crippen LogP contribution in [0.1, 0.15) is 50.4 Å². The van der Waals surface area contributed by atoms with Gasteiger partial charge in [0.15, 0.2) is 0 Å². The number of amides is 1. The molecule has 2 aliphatic heterocycles. The average Bonchev–Trinajstić information content (AvgIpc) is 3.08. The molecule has 20 heavy (non-hydrogen) atoms. The molecule has 0 aliphatic carbocycles. The van der Waals surface area contributed by atoms with Crippen molar-refractivity contribution in [2.24, 2.45) is 5.41 Å². The molecule has 0 bridgehead atoms. The minimum atomic E-state index is -0.0168. The van der Waals surface area contributed by atoms with E-state index in [1.807, 2.05) is 0 Å². The molecule has 1 aromatic heterocycles. The molecule has 1 amide bonds. The van der Waals surface area contributed by atoms with E-state index >= 15 is 0 Å². The topological polar surface area (TPSA) is 32.3 Å². The molecule has 110 valence electrons. The lowest BCUT2D eigenvalue weighted by Crippen LogP contribution is -2.56. The Bertz CT molecular complexity index is 469. The van der Waals surface area contributed by atoms with E-state index in [0.717, 1.165) is 32.4 Å². The molecule has 0 aromatic carbocycles. The fourth-order valence-electron chi connectivity index (χ4n) is 3.61. The lowest BCUT2D eigenvalue weighted by atomic mass is 9.77. The maximum absolute atomic E-state index is 13.0. The van der Waals surface area contributed by atoms with Crippen LogP contribution >= 0.6 is 11.3 Å². The highest BCUT2D eigenvalue weighted by molar-refractivity contribution is 7.10. The molecule has 1 aromatic rings. The predicted molar refractivity (Wildman–Crippen MR) is 82.8 cm³/mol. The van der Waals surface area contributed by atoms with Crippen LogP contribution in [-0.4, -0.2) is 29.9 Å². The molecule has 3 nitrogen and oxygen atoms in total. The van der Waals surface area contributed by atoms with Gasteiger partial charge in [0, 0.05) is 11.4 Å². The van der Waals surface area contributed by atoms with E-state index in [0.29, 0.717) is 11.9 Å². The van der Waals surface area contributed by atoms with Gasteiger partial charge in [0.05, 0.1) is 12.1 Å². The van der Waals surface area contributed by atoms with Crippen LogP contribution in [0.15, 0.2) is 17.5 Å². The summed E-state index contributed by atoms with van der Waals surface area (Å²) in [5, 5.41) is 5.57. The van der Waals surface area contributed by atoms with Gasteiger partial charge in [-0.1, -0.05) is 19.9 Å². The molecule has 0 radical (unpaired) electrons. The Morgan fingerprint density at radius 1 is 1.45 bits per heavy atom. The van der Waals surface area contributed by atoms with E-state index in [1.54, 1.807) is 11.3 Å². The van der Waals surface area contributed by atoms with Crippen LogP contribution in [0.4, 0.5) is 0 Å². The molecule has 2 aliphatic rings. The molecule has 0 saturated carbocycles. The Balaban J connectivity index is 1.79. The van der Waals surface area contributed by atoms with Gasteiger partial charge in [-0.25, -0.2) is 0 Å². The highest BCUT2D eigenvalue weighted by Crippen LogP contribution is 2.38. The number of rotatable bonds is 2. The molecule has 2 atom stereocenters. The van der Waals surface area contributed by atoms with E-state index in [4.69, 9.17) is 0 Å². The van der Waals surface area contributed by atoms with Crippen molar-refractivity contribution in [2.75, 3.05) is 13.1 Å². The van der Waals surface area contributed by atoms with Crippen molar-refractivity contribution >= 4 is 17.2 Å². The van der Waals surface area contributed by atoms with Gasteiger partial charge < -0.3 is 10.2 Å². The molecule has 1 N–H and O–H groups in total. The number of hydrogen-bond donors (Lipinski definition) is 1. The quantitative estimate of drug-likeness (QED) is 0.908. The van der Waals surface area contributed by atoms with E-state index < -0.39 is 0 Å². The third-order valence-electron chi connectivity index (χ3n) is 4.78.